The molecule has 5 rings (SSSR count). The van der Waals surface area contributed by atoms with Crippen LogP contribution in [0.25, 0.3) is 11.5 Å². The van der Waals surface area contributed by atoms with E-state index in [0.717, 1.165) is 31.2 Å². The molecule has 3 aromatic rings. The average molecular weight is 495 g/mol. The molecule has 6 nitrogen and oxygen atoms in total. The number of likely N-dealkylation sites (tertiary alicyclic amines) is 1. The Balaban J connectivity index is 1.44. The van der Waals surface area contributed by atoms with Crippen LogP contribution in [0.4, 0.5) is 27.6 Å². The number of halogens is 5. The molecule has 12 heteroatoms. The molecule has 34 heavy (non-hydrogen) atoms. The number of piperazine rings is 1. The van der Waals surface area contributed by atoms with Gasteiger partial charge in [0.15, 0.2) is 16.7 Å². The summed E-state index contributed by atoms with van der Waals surface area (Å²) in [6, 6.07) is 7.83. The van der Waals surface area contributed by atoms with Crippen LogP contribution in [-0.2, 0) is 6.54 Å². The zero-order chi connectivity index (χ0) is 24.0. The van der Waals surface area contributed by atoms with Gasteiger partial charge in [0.05, 0.1) is 6.54 Å². The summed E-state index contributed by atoms with van der Waals surface area (Å²) in [5.74, 6) is -3.82. The Hall–Kier alpha value is -3.12. The third-order valence-corrected chi connectivity index (χ3v) is 6.46. The van der Waals surface area contributed by atoms with Crippen molar-refractivity contribution in [3.05, 3.63) is 65.3 Å². The van der Waals surface area contributed by atoms with Gasteiger partial charge in [0.25, 0.3) is 5.89 Å². The number of aromatic nitrogens is 2. The Labute approximate surface area is 196 Å². The number of nitrogens with zero attached hydrogens (tertiary/aromatic N) is 4. The highest BCUT2D eigenvalue weighted by Crippen LogP contribution is 2.30. The minimum Gasteiger partial charge on any atom is -0.415 e. The van der Waals surface area contributed by atoms with Gasteiger partial charge in [-0.25, -0.2) is 13.2 Å². The molecule has 0 saturated carbocycles. The standard InChI is InChI=1S/C22H18F5N5OS/c23-16-4-3-14(7-18(16)25)31(22(34)32-10-13-6-15(32)8-28-13)9-12-2-1-11(5-17(12)24)20-29-30-21(33-20)19(26)27/h1-5,7,13,15,19,28H,6,8-10H2. The van der Waals surface area contributed by atoms with E-state index in [-0.39, 0.29) is 35.3 Å². The number of rotatable bonds is 5. The first kappa shape index (κ1) is 22.7. The monoisotopic (exact) mass is 495 g/mol. The fourth-order valence-electron chi connectivity index (χ4n) is 4.29. The van der Waals surface area contributed by atoms with Gasteiger partial charge < -0.3 is 19.5 Å². The Morgan fingerprint density at radius 1 is 1.12 bits per heavy atom. The first-order valence-corrected chi connectivity index (χ1v) is 10.9. The van der Waals surface area contributed by atoms with Gasteiger partial charge >= 0.3 is 6.43 Å². The van der Waals surface area contributed by atoms with E-state index < -0.39 is 29.8 Å². The van der Waals surface area contributed by atoms with E-state index in [1.165, 1.54) is 18.2 Å². The molecule has 178 valence electrons. The summed E-state index contributed by atoms with van der Waals surface area (Å²) in [6.07, 6.45) is -2.02. The van der Waals surface area contributed by atoms with E-state index >= 15 is 4.39 Å². The average Bonchev–Trinajstić information content (AvgIpc) is 3.57. The van der Waals surface area contributed by atoms with Crippen LogP contribution in [0.15, 0.2) is 40.8 Å². The molecule has 2 aliphatic rings. The third-order valence-electron chi connectivity index (χ3n) is 6.00. The molecule has 0 amide bonds. The highest BCUT2D eigenvalue weighted by molar-refractivity contribution is 7.80. The maximum atomic E-state index is 15.0. The Morgan fingerprint density at radius 2 is 1.94 bits per heavy atom. The normalized spacial score (nSPS) is 19.3. The number of thiocarbonyl (C=S) groups is 1. The van der Waals surface area contributed by atoms with E-state index in [9.17, 15) is 17.6 Å². The van der Waals surface area contributed by atoms with E-state index in [0.29, 0.717) is 17.7 Å². The largest absolute Gasteiger partial charge is 0.415 e. The number of hydrogen-bond acceptors (Lipinski definition) is 5. The zero-order valence-corrected chi connectivity index (χ0v) is 18.3. The summed E-state index contributed by atoms with van der Waals surface area (Å²) in [7, 11) is 0. The molecule has 2 aromatic carbocycles. The Morgan fingerprint density at radius 3 is 2.56 bits per heavy atom. The highest BCUT2D eigenvalue weighted by atomic mass is 32.1. The van der Waals surface area contributed by atoms with Gasteiger partial charge in [0, 0.05) is 48.1 Å². The summed E-state index contributed by atoms with van der Waals surface area (Å²) in [6.45, 7) is 1.35. The fraction of sp³-hybridized carbons (Fsp3) is 0.318. The molecule has 2 unspecified atom stereocenters. The molecule has 1 aromatic heterocycles. The number of alkyl halides is 2. The van der Waals surface area contributed by atoms with Gasteiger partial charge in [-0.15, -0.1) is 10.2 Å². The molecule has 2 fully saturated rings. The molecular formula is C22H18F5N5OS. The summed E-state index contributed by atoms with van der Waals surface area (Å²) in [5.41, 5.74) is 0.610. The lowest BCUT2D eigenvalue weighted by Crippen LogP contribution is -2.51. The van der Waals surface area contributed by atoms with Crippen LogP contribution in [0.5, 0.6) is 0 Å². The smallest absolute Gasteiger partial charge is 0.314 e. The van der Waals surface area contributed by atoms with Crippen LogP contribution in [0.1, 0.15) is 24.3 Å². The van der Waals surface area contributed by atoms with Crippen molar-refractivity contribution in [1.82, 2.24) is 20.4 Å². The second-order valence-corrected chi connectivity index (χ2v) is 8.53. The van der Waals surface area contributed by atoms with Gasteiger partial charge in [0.2, 0.25) is 5.89 Å². The van der Waals surface area contributed by atoms with Crippen molar-refractivity contribution in [2.24, 2.45) is 0 Å². The minimum atomic E-state index is -2.94. The van der Waals surface area contributed by atoms with E-state index in [1.807, 2.05) is 4.90 Å². The van der Waals surface area contributed by atoms with Gasteiger partial charge in [0.1, 0.15) is 5.82 Å². The molecular weight excluding hydrogens is 477 g/mol. The summed E-state index contributed by atoms with van der Waals surface area (Å²) < 4.78 is 72.9. The number of anilines is 1. The first-order chi connectivity index (χ1) is 16.3. The lowest BCUT2D eigenvalue weighted by Gasteiger charge is -2.36. The Bertz CT molecular complexity index is 1240. The second-order valence-electron chi connectivity index (χ2n) is 8.17. The van der Waals surface area contributed by atoms with Crippen molar-refractivity contribution >= 4 is 23.0 Å². The van der Waals surface area contributed by atoms with Gasteiger partial charge in [-0.05, 0) is 42.9 Å². The van der Waals surface area contributed by atoms with Crippen LogP contribution in [0, 0.1) is 17.5 Å². The number of hydrogen-bond donors (Lipinski definition) is 1. The topological polar surface area (TPSA) is 57.4 Å². The van der Waals surface area contributed by atoms with Crippen molar-refractivity contribution in [2.45, 2.75) is 31.5 Å². The predicted octanol–water partition coefficient (Wildman–Crippen LogP) is 4.43. The van der Waals surface area contributed by atoms with Crippen molar-refractivity contribution in [3.8, 4) is 11.5 Å². The van der Waals surface area contributed by atoms with Gasteiger partial charge in [-0.1, -0.05) is 6.07 Å². The van der Waals surface area contributed by atoms with Gasteiger partial charge in [-0.2, -0.15) is 8.78 Å². The maximum Gasteiger partial charge on any atom is 0.314 e. The molecule has 2 atom stereocenters. The second kappa shape index (κ2) is 8.91. The van der Waals surface area contributed by atoms with E-state index in [2.05, 4.69) is 15.5 Å². The van der Waals surface area contributed by atoms with Crippen LogP contribution < -0.4 is 10.2 Å². The quantitative estimate of drug-likeness (QED) is 0.415. The van der Waals surface area contributed by atoms with Crippen LogP contribution in [-0.4, -0.2) is 45.4 Å². The molecule has 2 saturated heterocycles. The lowest BCUT2D eigenvalue weighted by molar-refractivity contribution is 0.116. The van der Waals surface area contributed by atoms with Crippen molar-refractivity contribution in [2.75, 3.05) is 18.0 Å². The van der Waals surface area contributed by atoms with Crippen molar-refractivity contribution < 1.29 is 26.4 Å². The van der Waals surface area contributed by atoms with E-state index in [1.54, 1.807) is 4.90 Å². The lowest BCUT2D eigenvalue weighted by atomic mass is 10.1. The number of nitrogens with one attached hydrogen (secondary N) is 1. The van der Waals surface area contributed by atoms with Crippen LogP contribution in [0.3, 0.4) is 0 Å². The molecule has 1 N–H and O–H groups in total. The molecule has 0 spiro atoms. The number of benzene rings is 2. The SMILES string of the molecule is Fc1ccc(N(Cc2ccc(-c3nnc(C(F)F)o3)cc2F)C(=S)N2CC3CC2CN3)cc1F. The zero-order valence-electron chi connectivity index (χ0n) is 17.5. The summed E-state index contributed by atoms with van der Waals surface area (Å²) in [5, 5.41) is 10.5. The molecule has 2 aliphatic heterocycles. The summed E-state index contributed by atoms with van der Waals surface area (Å²) in [4.78, 5) is 3.56. The van der Waals surface area contributed by atoms with E-state index in [4.69, 9.17) is 16.6 Å². The van der Waals surface area contributed by atoms with Crippen LogP contribution in [0.2, 0.25) is 0 Å². The van der Waals surface area contributed by atoms with Crippen LogP contribution >= 0.6 is 12.2 Å². The highest BCUT2D eigenvalue weighted by Gasteiger charge is 2.40. The van der Waals surface area contributed by atoms with Crippen molar-refractivity contribution in [3.63, 3.8) is 0 Å². The number of fused-ring (bicyclic) bond motifs is 2. The fourth-order valence-corrected chi connectivity index (χ4v) is 4.68. The third kappa shape index (κ3) is 4.23. The van der Waals surface area contributed by atoms with Gasteiger partial charge in [-0.3, -0.25) is 0 Å². The molecule has 2 bridgehead atoms. The molecule has 3 heterocycles. The molecule has 0 radical (unpaired) electrons. The first-order valence-electron chi connectivity index (χ1n) is 10.5. The molecule has 0 aliphatic carbocycles. The Kier molecular flexibility index (Phi) is 5.94. The van der Waals surface area contributed by atoms with Crippen molar-refractivity contribution in [1.29, 1.82) is 0 Å². The minimum absolute atomic E-state index is 0.0660. The summed E-state index contributed by atoms with van der Waals surface area (Å²) >= 11 is 5.71. The predicted molar refractivity (Wildman–Crippen MR) is 117 cm³/mol. The maximum absolute atomic E-state index is 15.0.